The first-order valence-corrected chi connectivity index (χ1v) is 9.95. The topological polar surface area (TPSA) is 97.0 Å². The monoisotopic (exact) mass is 431 g/mol. The average molecular weight is 431 g/mol. The molecule has 1 saturated heterocycles. The Balaban J connectivity index is 1.40. The maximum atomic E-state index is 12.8. The van der Waals surface area contributed by atoms with Crippen molar-refractivity contribution in [2.24, 2.45) is 0 Å². The Labute approximate surface area is 184 Å². The van der Waals surface area contributed by atoms with E-state index in [1.54, 1.807) is 48.5 Å². The van der Waals surface area contributed by atoms with Crippen molar-refractivity contribution in [1.29, 1.82) is 0 Å². The molecule has 0 bridgehead atoms. The van der Waals surface area contributed by atoms with E-state index >= 15 is 0 Å². The number of methoxy groups -OCH3 is 1. The van der Waals surface area contributed by atoms with E-state index in [1.807, 2.05) is 30.3 Å². The lowest BCUT2D eigenvalue weighted by molar-refractivity contribution is -0.121. The SMILES string of the molecule is COc1ccccc1C(=O)NN[C@@H]1CC(=O)N(c2ccc(Oc3ccccc3)cc2)C1=O. The third kappa shape index (κ3) is 4.45. The van der Waals surface area contributed by atoms with Crippen molar-refractivity contribution in [3.05, 3.63) is 84.4 Å². The molecule has 162 valence electrons. The minimum absolute atomic E-state index is 0.0761. The molecular weight excluding hydrogens is 410 g/mol. The fourth-order valence-corrected chi connectivity index (χ4v) is 3.36. The lowest BCUT2D eigenvalue weighted by Gasteiger charge is -2.17. The predicted octanol–water partition coefficient (Wildman–Crippen LogP) is 3.05. The molecule has 3 aromatic rings. The van der Waals surface area contributed by atoms with Gasteiger partial charge in [-0.25, -0.2) is 10.3 Å². The summed E-state index contributed by atoms with van der Waals surface area (Å²) < 4.78 is 10.9. The molecule has 1 fully saturated rings. The molecule has 1 heterocycles. The summed E-state index contributed by atoms with van der Waals surface area (Å²) in [5.74, 6) is 0.382. The van der Waals surface area contributed by atoms with Crippen molar-refractivity contribution in [2.45, 2.75) is 12.5 Å². The van der Waals surface area contributed by atoms with E-state index in [9.17, 15) is 14.4 Å². The molecule has 0 saturated carbocycles. The number of amides is 3. The van der Waals surface area contributed by atoms with Gasteiger partial charge in [0.2, 0.25) is 5.91 Å². The molecule has 1 atom stereocenters. The number of nitrogens with one attached hydrogen (secondary N) is 2. The number of benzene rings is 3. The van der Waals surface area contributed by atoms with Gasteiger partial charge in [-0.2, -0.15) is 0 Å². The number of anilines is 1. The van der Waals surface area contributed by atoms with E-state index in [0.717, 1.165) is 4.90 Å². The van der Waals surface area contributed by atoms with Gasteiger partial charge in [0.05, 0.1) is 24.8 Å². The van der Waals surface area contributed by atoms with Crippen LogP contribution < -0.4 is 25.2 Å². The van der Waals surface area contributed by atoms with Crippen LogP contribution in [-0.4, -0.2) is 30.9 Å². The van der Waals surface area contributed by atoms with Gasteiger partial charge in [0.15, 0.2) is 0 Å². The van der Waals surface area contributed by atoms with E-state index in [1.165, 1.54) is 7.11 Å². The third-order valence-electron chi connectivity index (χ3n) is 4.93. The first-order valence-electron chi connectivity index (χ1n) is 9.95. The number of rotatable bonds is 7. The third-order valence-corrected chi connectivity index (χ3v) is 4.93. The highest BCUT2D eigenvalue weighted by Gasteiger charge is 2.39. The highest BCUT2D eigenvalue weighted by molar-refractivity contribution is 6.22. The number of carbonyl (C=O) groups excluding carboxylic acids is 3. The van der Waals surface area contributed by atoms with Crippen LogP contribution in [0.15, 0.2) is 78.9 Å². The zero-order chi connectivity index (χ0) is 22.5. The summed E-state index contributed by atoms with van der Waals surface area (Å²) >= 11 is 0. The Hall–Kier alpha value is -4.17. The fraction of sp³-hybridized carbons (Fsp3) is 0.125. The van der Waals surface area contributed by atoms with Gasteiger partial charge >= 0.3 is 0 Å². The standard InChI is InChI=1S/C24H21N3O5/c1-31-21-10-6-5-9-19(21)23(29)26-25-20-15-22(28)27(24(20)30)16-11-13-18(14-12-16)32-17-7-3-2-4-8-17/h2-14,20,25H,15H2,1H3,(H,26,29)/t20-/m1/s1. The first kappa shape index (κ1) is 21.1. The van der Waals surface area contributed by atoms with Gasteiger partial charge in [-0.3, -0.25) is 19.8 Å². The Bertz CT molecular complexity index is 1130. The maximum absolute atomic E-state index is 12.8. The van der Waals surface area contributed by atoms with Crippen LogP contribution in [0.1, 0.15) is 16.8 Å². The van der Waals surface area contributed by atoms with Crippen molar-refractivity contribution >= 4 is 23.4 Å². The number of hydrogen-bond donors (Lipinski definition) is 2. The summed E-state index contributed by atoms with van der Waals surface area (Å²) in [5, 5.41) is 0. The highest BCUT2D eigenvalue weighted by Crippen LogP contribution is 2.27. The zero-order valence-electron chi connectivity index (χ0n) is 17.3. The number of hydrazine groups is 1. The molecule has 8 nitrogen and oxygen atoms in total. The van der Waals surface area contributed by atoms with Crippen molar-refractivity contribution < 1.29 is 23.9 Å². The quantitative estimate of drug-likeness (QED) is 0.441. The van der Waals surface area contributed by atoms with Crippen LogP contribution in [0, 0.1) is 0 Å². The molecule has 0 aliphatic carbocycles. The van der Waals surface area contributed by atoms with Gasteiger partial charge in [-0.1, -0.05) is 30.3 Å². The molecule has 0 spiro atoms. The van der Waals surface area contributed by atoms with Crippen LogP contribution >= 0.6 is 0 Å². The van der Waals surface area contributed by atoms with E-state index < -0.39 is 17.9 Å². The lowest BCUT2D eigenvalue weighted by Crippen LogP contribution is -2.48. The van der Waals surface area contributed by atoms with Crippen LogP contribution in [0.3, 0.4) is 0 Å². The summed E-state index contributed by atoms with van der Waals surface area (Å²) in [7, 11) is 1.47. The Kier molecular flexibility index (Phi) is 6.14. The molecule has 3 amide bonds. The Morgan fingerprint density at radius 2 is 1.56 bits per heavy atom. The molecule has 3 aromatic carbocycles. The van der Waals surface area contributed by atoms with E-state index in [2.05, 4.69) is 10.9 Å². The molecule has 8 heteroatoms. The largest absolute Gasteiger partial charge is 0.496 e. The smallest absolute Gasteiger partial charge is 0.269 e. The zero-order valence-corrected chi connectivity index (χ0v) is 17.3. The number of imide groups is 1. The van der Waals surface area contributed by atoms with Crippen LogP contribution in [-0.2, 0) is 9.59 Å². The molecule has 1 aliphatic heterocycles. The maximum Gasteiger partial charge on any atom is 0.269 e. The molecule has 0 aromatic heterocycles. The van der Waals surface area contributed by atoms with Gasteiger partial charge in [0.1, 0.15) is 23.3 Å². The molecule has 2 N–H and O–H groups in total. The number of hydrogen-bond acceptors (Lipinski definition) is 6. The van der Waals surface area contributed by atoms with Crippen molar-refractivity contribution in [2.75, 3.05) is 12.0 Å². The Morgan fingerprint density at radius 3 is 2.28 bits per heavy atom. The predicted molar refractivity (Wildman–Crippen MR) is 117 cm³/mol. The van der Waals surface area contributed by atoms with Gasteiger partial charge in [-0.05, 0) is 48.5 Å². The summed E-state index contributed by atoms with van der Waals surface area (Å²) in [6.45, 7) is 0. The lowest BCUT2D eigenvalue weighted by atomic mass is 10.2. The van der Waals surface area contributed by atoms with E-state index in [-0.39, 0.29) is 12.3 Å². The van der Waals surface area contributed by atoms with Crippen LogP contribution in [0.4, 0.5) is 5.69 Å². The molecule has 32 heavy (non-hydrogen) atoms. The number of carbonyl (C=O) groups is 3. The second-order valence-electron chi connectivity index (χ2n) is 7.03. The van der Waals surface area contributed by atoms with Gasteiger partial charge in [0.25, 0.3) is 11.8 Å². The Morgan fingerprint density at radius 1 is 0.906 bits per heavy atom. The molecule has 0 unspecified atom stereocenters. The summed E-state index contributed by atoms with van der Waals surface area (Å²) in [6.07, 6.45) is -0.0761. The summed E-state index contributed by atoms with van der Waals surface area (Å²) in [6, 6.07) is 21.8. The van der Waals surface area contributed by atoms with Crippen LogP contribution in [0.25, 0.3) is 0 Å². The second kappa shape index (κ2) is 9.32. The normalized spacial score (nSPS) is 15.5. The first-order chi connectivity index (χ1) is 15.6. The van der Waals surface area contributed by atoms with E-state index in [0.29, 0.717) is 28.5 Å². The van der Waals surface area contributed by atoms with Gasteiger partial charge < -0.3 is 9.47 Å². The fourth-order valence-electron chi connectivity index (χ4n) is 3.36. The van der Waals surface area contributed by atoms with Crippen molar-refractivity contribution in [1.82, 2.24) is 10.9 Å². The van der Waals surface area contributed by atoms with E-state index in [4.69, 9.17) is 9.47 Å². The van der Waals surface area contributed by atoms with Crippen LogP contribution in [0.5, 0.6) is 17.2 Å². The number of nitrogens with zero attached hydrogens (tertiary/aromatic N) is 1. The molecule has 0 radical (unpaired) electrons. The average Bonchev–Trinajstić information content (AvgIpc) is 3.11. The van der Waals surface area contributed by atoms with Crippen molar-refractivity contribution in [3.63, 3.8) is 0 Å². The van der Waals surface area contributed by atoms with Crippen LogP contribution in [0.2, 0.25) is 0 Å². The second-order valence-corrected chi connectivity index (χ2v) is 7.03. The highest BCUT2D eigenvalue weighted by atomic mass is 16.5. The minimum Gasteiger partial charge on any atom is -0.496 e. The molecular formula is C24H21N3O5. The number of ether oxygens (including phenoxy) is 2. The van der Waals surface area contributed by atoms with Gasteiger partial charge in [-0.15, -0.1) is 0 Å². The molecule has 4 rings (SSSR count). The van der Waals surface area contributed by atoms with Gasteiger partial charge in [0, 0.05) is 0 Å². The van der Waals surface area contributed by atoms with Crippen molar-refractivity contribution in [3.8, 4) is 17.2 Å². The molecule has 1 aliphatic rings. The summed E-state index contributed by atoms with van der Waals surface area (Å²) in [5.41, 5.74) is 5.89. The minimum atomic E-state index is -0.874. The summed E-state index contributed by atoms with van der Waals surface area (Å²) in [4.78, 5) is 38.8. The number of para-hydroxylation sites is 2.